The van der Waals surface area contributed by atoms with Crippen LogP contribution >= 0.6 is 11.8 Å². The number of benzene rings is 1. The lowest BCUT2D eigenvalue weighted by atomic mass is 9.72. The van der Waals surface area contributed by atoms with Gasteiger partial charge in [0.2, 0.25) is 0 Å². The van der Waals surface area contributed by atoms with Crippen LogP contribution in [0.5, 0.6) is 0 Å². The van der Waals surface area contributed by atoms with Gasteiger partial charge in [0.05, 0.1) is 11.1 Å². The Labute approximate surface area is 142 Å². The minimum atomic E-state index is 0.511. The summed E-state index contributed by atoms with van der Waals surface area (Å²) in [5.41, 5.74) is 4.30. The first-order valence-electron chi connectivity index (χ1n) is 8.55. The highest BCUT2D eigenvalue weighted by atomic mass is 32.2. The summed E-state index contributed by atoms with van der Waals surface area (Å²) in [6.45, 7) is 4.41. The molecule has 2 aromatic rings. The van der Waals surface area contributed by atoms with E-state index in [4.69, 9.17) is 5.26 Å². The van der Waals surface area contributed by atoms with Crippen molar-refractivity contribution in [1.82, 2.24) is 9.88 Å². The van der Waals surface area contributed by atoms with Gasteiger partial charge in [-0.3, -0.25) is 4.90 Å². The van der Waals surface area contributed by atoms with Crippen molar-refractivity contribution in [2.24, 2.45) is 5.92 Å². The number of hydrogen-bond donors (Lipinski definition) is 1. The maximum absolute atomic E-state index is 9.14. The van der Waals surface area contributed by atoms with Crippen molar-refractivity contribution in [2.75, 3.05) is 19.3 Å². The number of rotatable bonds is 3. The number of piperidine rings is 1. The monoisotopic (exact) mass is 325 g/mol. The molecule has 3 atom stereocenters. The van der Waals surface area contributed by atoms with E-state index in [1.165, 1.54) is 27.1 Å². The summed E-state index contributed by atoms with van der Waals surface area (Å²) in [6.07, 6.45) is 5.15. The van der Waals surface area contributed by atoms with Crippen LogP contribution in [0.4, 0.5) is 0 Å². The second kappa shape index (κ2) is 5.89. The van der Waals surface area contributed by atoms with Gasteiger partial charge in [-0.25, -0.2) is 0 Å². The van der Waals surface area contributed by atoms with Crippen molar-refractivity contribution in [3.63, 3.8) is 0 Å². The Morgan fingerprint density at radius 1 is 1.43 bits per heavy atom. The molecule has 0 radical (unpaired) electrons. The average Bonchev–Trinajstić information content (AvgIpc) is 2.94. The Morgan fingerprint density at radius 2 is 2.30 bits per heavy atom. The van der Waals surface area contributed by atoms with Crippen LogP contribution in [0.25, 0.3) is 10.9 Å². The van der Waals surface area contributed by atoms with Gasteiger partial charge in [-0.2, -0.15) is 5.26 Å². The van der Waals surface area contributed by atoms with Crippen LogP contribution in [0.15, 0.2) is 23.2 Å². The molecule has 2 aliphatic rings. The molecule has 1 N–H and O–H groups in total. The summed E-state index contributed by atoms with van der Waals surface area (Å²) in [5, 5.41) is 11.9. The van der Waals surface area contributed by atoms with Crippen molar-refractivity contribution in [3.05, 3.63) is 29.3 Å². The highest BCUT2D eigenvalue weighted by molar-refractivity contribution is 7.98. The number of likely N-dealkylation sites (tertiary alicyclic amines) is 1. The number of hydrogen-bond acceptors (Lipinski definition) is 3. The van der Waals surface area contributed by atoms with E-state index < -0.39 is 0 Å². The SMILES string of the molecule is CCN1C[C@H](CC#N)C[C@@H]2c3cccc4[nH]c(SC)c(c34)C[C@H]21. The van der Waals surface area contributed by atoms with E-state index >= 15 is 0 Å². The van der Waals surface area contributed by atoms with E-state index in [0.717, 1.165) is 25.9 Å². The Hall–Kier alpha value is -1.44. The fraction of sp³-hybridized carbons (Fsp3) is 0.526. The largest absolute Gasteiger partial charge is 0.349 e. The third kappa shape index (κ3) is 2.29. The molecule has 0 saturated carbocycles. The number of H-pyrrole nitrogens is 1. The first-order valence-corrected chi connectivity index (χ1v) is 9.77. The third-order valence-corrected chi connectivity index (χ3v) is 6.49. The first-order chi connectivity index (χ1) is 11.3. The molecule has 120 valence electrons. The molecule has 1 saturated heterocycles. The van der Waals surface area contributed by atoms with Crippen LogP contribution in [0.3, 0.4) is 0 Å². The molecule has 4 heteroatoms. The van der Waals surface area contributed by atoms with Crippen molar-refractivity contribution < 1.29 is 0 Å². The molecule has 0 bridgehead atoms. The summed E-state index contributed by atoms with van der Waals surface area (Å²) < 4.78 is 0. The van der Waals surface area contributed by atoms with Crippen molar-refractivity contribution in [3.8, 4) is 6.07 Å². The molecule has 3 nitrogen and oxygen atoms in total. The summed E-state index contributed by atoms with van der Waals surface area (Å²) in [4.78, 5) is 6.24. The van der Waals surface area contributed by atoms with Gasteiger partial charge in [-0.05, 0) is 48.8 Å². The third-order valence-electron chi connectivity index (χ3n) is 5.74. The number of thioether (sulfide) groups is 1. The lowest BCUT2D eigenvalue weighted by Gasteiger charge is -2.46. The van der Waals surface area contributed by atoms with Crippen molar-refractivity contribution in [1.29, 1.82) is 5.26 Å². The van der Waals surface area contributed by atoms with Gasteiger partial charge in [0.1, 0.15) is 0 Å². The lowest BCUT2D eigenvalue weighted by Crippen LogP contribution is -2.49. The minimum absolute atomic E-state index is 0.511. The molecule has 1 aliphatic carbocycles. The van der Waals surface area contributed by atoms with E-state index in [1.54, 1.807) is 0 Å². The number of aromatic amines is 1. The number of fused-ring (bicyclic) bond motifs is 2. The smallest absolute Gasteiger partial charge is 0.0763 e. The molecule has 2 heterocycles. The molecular weight excluding hydrogens is 302 g/mol. The maximum Gasteiger partial charge on any atom is 0.0763 e. The van der Waals surface area contributed by atoms with Gasteiger partial charge >= 0.3 is 0 Å². The molecule has 1 aromatic heterocycles. The number of nitriles is 1. The summed E-state index contributed by atoms with van der Waals surface area (Å²) in [6, 6.07) is 9.71. The number of nitrogens with zero attached hydrogens (tertiary/aromatic N) is 2. The van der Waals surface area contributed by atoms with Crippen LogP contribution in [-0.4, -0.2) is 35.3 Å². The summed E-state index contributed by atoms with van der Waals surface area (Å²) in [5.74, 6) is 1.08. The molecule has 0 amide bonds. The fourth-order valence-electron chi connectivity index (χ4n) is 4.77. The zero-order valence-corrected chi connectivity index (χ0v) is 14.6. The Bertz CT molecular complexity index is 773. The fourth-order valence-corrected chi connectivity index (χ4v) is 5.41. The predicted molar refractivity (Wildman–Crippen MR) is 95.9 cm³/mol. The predicted octanol–water partition coefficient (Wildman–Crippen LogP) is 4.15. The topological polar surface area (TPSA) is 42.8 Å². The molecule has 1 aromatic carbocycles. The zero-order valence-electron chi connectivity index (χ0n) is 13.8. The number of nitrogens with one attached hydrogen (secondary N) is 1. The molecule has 4 rings (SSSR count). The zero-order chi connectivity index (χ0) is 16.0. The second-order valence-electron chi connectivity index (χ2n) is 6.84. The lowest BCUT2D eigenvalue weighted by molar-refractivity contribution is 0.0913. The van der Waals surface area contributed by atoms with Crippen LogP contribution < -0.4 is 0 Å². The molecule has 0 unspecified atom stereocenters. The number of aromatic nitrogens is 1. The van der Waals surface area contributed by atoms with E-state index in [2.05, 4.69) is 47.3 Å². The van der Waals surface area contributed by atoms with Crippen LogP contribution in [0.2, 0.25) is 0 Å². The van der Waals surface area contributed by atoms with Crippen molar-refractivity contribution >= 4 is 22.7 Å². The van der Waals surface area contributed by atoms with Gasteiger partial charge < -0.3 is 4.98 Å². The van der Waals surface area contributed by atoms with Gasteiger partial charge in [0.15, 0.2) is 0 Å². The van der Waals surface area contributed by atoms with Gasteiger partial charge in [-0.1, -0.05) is 19.1 Å². The maximum atomic E-state index is 9.14. The second-order valence-corrected chi connectivity index (χ2v) is 7.65. The Kier molecular flexibility index (Phi) is 3.87. The van der Waals surface area contributed by atoms with Gasteiger partial charge in [0, 0.05) is 35.8 Å². The first kappa shape index (κ1) is 15.1. The molecule has 1 aliphatic heterocycles. The summed E-state index contributed by atoms with van der Waals surface area (Å²) in [7, 11) is 0. The standard InChI is InChI=1S/C19H23N3S/c1-3-22-11-12(7-8-20)9-14-13-5-4-6-16-18(13)15(10-17(14)22)19(21-16)23-2/h4-6,12,14,17,21H,3,7,9-11H2,1-2H3/t12-,14-,17-/m1/s1. The molecule has 23 heavy (non-hydrogen) atoms. The highest BCUT2D eigenvalue weighted by Crippen LogP contribution is 2.47. The van der Waals surface area contributed by atoms with E-state index in [0.29, 0.717) is 24.3 Å². The molecular formula is C19H23N3S. The quantitative estimate of drug-likeness (QED) is 0.862. The van der Waals surface area contributed by atoms with E-state index in [-0.39, 0.29) is 0 Å². The summed E-state index contributed by atoms with van der Waals surface area (Å²) >= 11 is 1.83. The van der Waals surface area contributed by atoms with E-state index in [1.807, 2.05) is 11.8 Å². The van der Waals surface area contributed by atoms with Gasteiger partial charge in [0.25, 0.3) is 0 Å². The normalized spacial score (nSPS) is 26.9. The average molecular weight is 325 g/mol. The van der Waals surface area contributed by atoms with Crippen molar-refractivity contribution in [2.45, 2.75) is 43.2 Å². The number of likely N-dealkylation sites (N-methyl/N-ethyl adjacent to an activating group) is 1. The van der Waals surface area contributed by atoms with Crippen LogP contribution in [-0.2, 0) is 6.42 Å². The van der Waals surface area contributed by atoms with Gasteiger partial charge in [-0.15, -0.1) is 11.8 Å². The highest BCUT2D eigenvalue weighted by Gasteiger charge is 2.40. The Morgan fingerprint density at radius 3 is 3.04 bits per heavy atom. The van der Waals surface area contributed by atoms with Crippen LogP contribution in [0.1, 0.15) is 36.8 Å². The van der Waals surface area contributed by atoms with Crippen LogP contribution in [0, 0.1) is 17.2 Å². The van der Waals surface area contributed by atoms with E-state index in [9.17, 15) is 0 Å². The minimum Gasteiger partial charge on any atom is -0.349 e. The molecule has 1 fully saturated rings. The molecule has 0 spiro atoms. The Balaban J connectivity index is 1.84.